The lowest BCUT2D eigenvalue weighted by atomic mass is 9.89. The third kappa shape index (κ3) is 4.26. The van der Waals surface area contributed by atoms with Crippen LogP contribution in [0.15, 0.2) is 29.2 Å². The highest BCUT2D eigenvalue weighted by atomic mass is 32.2. The lowest BCUT2D eigenvalue weighted by molar-refractivity contribution is 0.0102. The van der Waals surface area contributed by atoms with Crippen molar-refractivity contribution in [3.63, 3.8) is 0 Å². The van der Waals surface area contributed by atoms with Crippen molar-refractivity contribution in [2.45, 2.75) is 37.7 Å². The van der Waals surface area contributed by atoms with E-state index in [0.717, 1.165) is 18.6 Å². The van der Waals surface area contributed by atoms with E-state index in [1.54, 1.807) is 6.92 Å². The van der Waals surface area contributed by atoms with Crippen molar-refractivity contribution in [2.24, 2.45) is 5.92 Å². The van der Waals surface area contributed by atoms with Crippen LogP contribution in [-0.2, 0) is 10.0 Å². The monoisotopic (exact) mass is 289 g/mol. The number of hydrogen-bond acceptors (Lipinski definition) is 3. The molecule has 0 radical (unpaired) electrons. The molecule has 0 aliphatic heterocycles. The lowest BCUT2D eigenvalue weighted by Gasteiger charge is -2.29. The first-order valence-corrected chi connectivity index (χ1v) is 7.65. The molecule has 0 unspecified atom stereocenters. The number of hydrogen-bond donors (Lipinski definition) is 2. The SMILES string of the molecule is CC[C@@H](C)[C@](C)(O)CNS(=O)(=O)c1ccc(F)cc1. The Balaban J connectivity index is 2.79. The summed E-state index contributed by atoms with van der Waals surface area (Å²) in [6.45, 7) is 5.29. The Labute approximate surface area is 113 Å². The molecular formula is C13H20FNO3S. The molecule has 0 spiro atoms. The van der Waals surface area contributed by atoms with Crippen LogP contribution in [0.4, 0.5) is 4.39 Å². The molecule has 0 amide bonds. The zero-order valence-electron chi connectivity index (χ0n) is 11.4. The van der Waals surface area contributed by atoms with E-state index >= 15 is 0 Å². The van der Waals surface area contributed by atoms with Gasteiger partial charge in [-0.1, -0.05) is 20.3 Å². The smallest absolute Gasteiger partial charge is 0.240 e. The summed E-state index contributed by atoms with van der Waals surface area (Å²) in [5, 5.41) is 10.2. The van der Waals surface area contributed by atoms with Crippen LogP contribution in [0, 0.1) is 11.7 Å². The minimum atomic E-state index is -3.73. The van der Waals surface area contributed by atoms with E-state index in [0.29, 0.717) is 0 Å². The minimum Gasteiger partial charge on any atom is -0.389 e. The molecule has 2 atom stereocenters. The first-order chi connectivity index (χ1) is 8.69. The molecule has 4 nitrogen and oxygen atoms in total. The molecule has 0 saturated carbocycles. The quantitative estimate of drug-likeness (QED) is 0.840. The molecule has 2 N–H and O–H groups in total. The van der Waals surface area contributed by atoms with Crippen molar-refractivity contribution in [3.05, 3.63) is 30.1 Å². The van der Waals surface area contributed by atoms with Crippen LogP contribution in [0.5, 0.6) is 0 Å². The normalized spacial score (nSPS) is 16.9. The van der Waals surface area contributed by atoms with E-state index in [1.807, 2.05) is 13.8 Å². The van der Waals surface area contributed by atoms with Gasteiger partial charge < -0.3 is 5.11 Å². The van der Waals surface area contributed by atoms with E-state index < -0.39 is 21.4 Å². The van der Waals surface area contributed by atoms with Gasteiger partial charge in [-0.05, 0) is 37.1 Å². The largest absolute Gasteiger partial charge is 0.389 e. The summed E-state index contributed by atoms with van der Waals surface area (Å²) in [4.78, 5) is -0.0196. The van der Waals surface area contributed by atoms with E-state index in [2.05, 4.69) is 4.72 Å². The second-order valence-corrected chi connectivity index (χ2v) is 6.71. The first kappa shape index (κ1) is 16.1. The lowest BCUT2D eigenvalue weighted by Crippen LogP contribution is -2.44. The van der Waals surface area contributed by atoms with Crippen molar-refractivity contribution in [1.29, 1.82) is 0 Å². The van der Waals surface area contributed by atoms with Crippen molar-refractivity contribution >= 4 is 10.0 Å². The molecule has 0 bridgehead atoms. The summed E-state index contributed by atoms with van der Waals surface area (Å²) >= 11 is 0. The number of sulfonamides is 1. The van der Waals surface area contributed by atoms with Gasteiger partial charge in [0.15, 0.2) is 0 Å². The van der Waals surface area contributed by atoms with Crippen LogP contribution in [0.1, 0.15) is 27.2 Å². The number of halogens is 1. The Morgan fingerprint density at radius 1 is 1.37 bits per heavy atom. The van der Waals surface area contributed by atoms with Crippen LogP contribution in [-0.4, -0.2) is 25.7 Å². The van der Waals surface area contributed by atoms with Gasteiger partial charge in [0.2, 0.25) is 10.0 Å². The van der Waals surface area contributed by atoms with E-state index in [-0.39, 0.29) is 17.4 Å². The molecular weight excluding hydrogens is 269 g/mol. The predicted octanol–water partition coefficient (Wildman–Crippen LogP) is 1.90. The topological polar surface area (TPSA) is 66.4 Å². The van der Waals surface area contributed by atoms with Crippen LogP contribution in [0.3, 0.4) is 0 Å². The Morgan fingerprint density at radius 2 is 1.89 bits per heavy atom. The van der Waals surface area contributed by atoms with Crippen molar-refractivity contribution < 1.29 is 17.9 Å². The fourth-order valence-electron chi connectivity index (χ4n) is 1.55. The zero-order valence-corrected chi connectivity index (χ0v) is 12.2. The molecule has 0 fully saturated rings. The molecule has 0 aromatic heterocycles. The summed E-state index contributed by atoms with van der Waals surface area (Å²) in [5.41, 5.74) is -1.12. The average molecular weight is 289 g/mol. The summed E-state index contributed by atoms with van der Waals surface area (Å²) < 4.78 is 39.0. The molecule has 1 aromatic carbocycles. The van der Waals surface area contributed by atoms with Gasteiger partial charge in [0.25, 0.3) is 0 Å². The van der Waals surface area contributed by atoms with Gasteiger partial charge in [-0.25, -0.2) is 17.5 Å². The van der Waals surface area contributed by atoms with Crippen molar-refractivity contribution in [3.8, 4) is 0 Å². The predicted molar refractivity (Wildman–Crippen MR) is 71.7 cm³/mol. The van der Waals surface area contributed by atoms with E-state index in [4.69, 9.17) is 0 Å². The molecule has 0 aliphatic carbocycles. The van der Waals surface area contributed by atoms with Crippen molar-refractivity contribution in [1.82, 2.24) is 4.72 Å². The Kier molecular flexibility index (Phi) is 5.06. The highest BCUT2D eigenvalue weighted by Gasteiger charge is 2.29. The summed E-state index contributed by atoms with van der Waals surface area (Å²) in [5.74, 6) is -0.533. The molecule has 0 saturated heterocycles. The standard InChI is InChI=1S/C13H20FNO3S/c1-4-10(2)13(3,16)9-15-19(17,18)12-7-5-11(14)6-8-12/h5-8,10,15-16H,4,9H2,1-3H3/t10-,13-/m1/s1. The number of rotatable bonds is 6. The molecule has 1 rings (SSSR count). The molecule has 0 aliphatic rings. The fourth-order valence-corrected chi connectivity index (χ4v) is 2.70. The number of benzene rings is 1. The van der Waals surface area contributed by atoms with E-state index in [1.165, 1.54) is 12.1 Å². The number of nitrogens with one attached hydrogen (secondary N) is 1. The maximum atomic E-state index is 12.7. The zero-order chi connectivity index (χ0) is 14.7. The van der Waals surface area contributed by atoms with Gasteiger partial charge in [-0.2, -0.15) is 0 Å². The van der Waals surface area contributed by atoms with Gasteiger partial charge >= 0.3 is 0 Å². The van der Waals surface area contributed by atoms with Gasteiger partial charge in [0.1, 0.15) is 5.82 Å². The van der Waals surface area contributed by atoms with Crippen LogP contribution >= 0.6 is 0 Å². The maximum absolute atomic E-state index is 12.7. The Hall–Kier alpha value is -0.980. The minimum absolute atomic E-state index is 0.0196. The molecule has 108 valence electrons. The number of aliphatic hydroxyl groups is 1. The van der Waals surface area contributed by atoms with Gasteiger partial charge in [-0.3, -0.25) is 0 Å². The van der Waals surface area contributed by atoms with E-state index in [9.17, 15) is 17.9 Å². The summed E-state index contributed by atoms with van der Waals surface area (Å²) in [7, 11) is -3.73. The highest BCUT2D eigenvalue weighted by molar-refractivity contribution is 7.89. The highest BCUT2D eigenvalue weighted by Crippen LogP contribution is 2.20. The van der Waals surface area contributed by atoms with Gasteiger partial charge in [0, 0.05) is 6.54 Å². The van der Waals surface area contributed by atoms with Crippen LogP contribution in [0.2, 0.25) is 0 Å². The second kappa shape index (κ2) is 5.98. The summed E-state index contributed by atoms with van der Waals surface area (Å²) in [6, 6.07) is 4.55. The van der Waals surface area contributed by atoms with Crippen LogP contribution < -0.4 is 4.72 Å². The maximum Gasteiger partial charge on any atom is 0.240 e. The molecule has 19 heavy (non-hydrogen) atoms. The Bertz CT molecular complexity index is 511. The third-order valence-electron chi connectivity index (χ3n) is 3.42. The van der Waals surface area contributed by atoms with Gasteiger partial charge in [0.05, 0.1) is 10.5 Å². The van der Waals surface area contributed by atoms with Crippen molar-refractivity contribution in [2.75, 3.05) is 6.54 Å². The fraction of sp³-hybridized carbons (Fsp3) is 0.538. The van der Waals surface area contributed by atoms with Gasteiger partial charge in [-0.15, -0.1) is 0 Å². The molecule has 6 heteroatoms. The first-order valence-electron chi connectivity index (χ1n) is 6.16. The molecule has 1 aromatic rings. The van der Waals surface area contributed by atoms with Crippen LogP contribution in [0.25, 0.3) is 0 Å². The second-order valence-electron chi connectivity index (χ2n) is 4.94. The molecule has 0 heterocycles. The summed E-state index contributed by atoms with van der Waals surface area (Å²) in [6.07, 6.45) is 0.741. The third-order valence-corrected chi connectivity index (χ3v) is 4.84. The Morgan fingerprint density at radius 3 is 2.37 bits per heavy atom. The average Bonchev–Trinajstić information content (AvgIpc) is 2.36.